The van der Waals surface area contributed by atoms with E-state index in [0.29, 0.717) is 36.2 Å². The van der Waals surface area contributed by atoms with Gasteiger partial charge in [-0.1, -0.05) is 24.3 Å². The summed E-state index contributed by atoms with van der Waals surface area (Å²) in [5.74, 6) is 2.85. The van der Waals surface area contributed by atoms with E-state index >= 15 is 0 Å². The van der Waals surface area contributed by atoms with Gasteiger partial charge in [0.1, 0.15) is 0 Å². The van der Waals surface area contributed by atoms with Gasteiger partial charge in [0.2, 0.25) is 11.2 Å². The lowest BCUT2D eigenvalue weighted by Crippen LogP contribution is -2.37. The average molecular weight is 387 g/mol. The highest BCUT2D eigenvalue weighted by atomic mass is 16.5. The molecule has 1 aromatic carbocycles. The van der Waals surface area contributed by atoms with Crippen LogP contribution in [0.2, 0.25) is 0 Å². The molecule has 2 atom stereocenters. The monoisotopic (exact) mass is 387 g/mol. The predicted molar refractivity (Wildman–Crippen MR) is 112 cm³/mol. The van der Waals surface area contributed by atoms with Crippen LogP contribution in [0.5, 0.6) is 0 Å². The Morgan fingerprint density at radius 1 is 1.17 bits per heavy atom. The predicted octanol–water partition coefficient (Wildman–Crippen LogP) is 3.98. The molecular weight excluding hydrogens is 366 g/mol. The highest BCUT2D eigenvalue weighted by molar-refractivity contribution is 5.94. The molecule has 146 valence electrons. The van der Waals surface area contributed by atoms with Gasteiger partial charge in [0, 0.05) is 48.2 Å². The van der Waals surface area contributed by atoms with Crippen LogP contribution in [0.3, 0.4) is 0 Å². The van der Waals surface area contributed by atoms with Crippen molar-refractivity contribution < 1.29 is 10.6 Å². The highest BCUT2D eigenvalue weighted by Crippen LogP contribution is 2.53. The van der Waals surface area contributed by atoms with Crippen molar-refractivity contribution in [2.45, 2.75) is 12.3 Å². The fourth-order valence-electron chi connectivity index (χ4n) is 4.70. The molecular formula is C22H21N5O2. The SMILES string of the molecule is C1=CC2CC2c2[nH]c3cc(-c4nc(N5CCOCC5)c5ocnc5n4)ccc3c21.[HH]. The lowest BCUT2D eigenvalue weighted by atomic mass is 10.0. The first-order valence-corrected chi connectivity index (χ1v) is 10.1. The third kappa shape index (κ3) is 2.31. The minimum Gasteiger partial charge on any atom is -0.438 e. The Morgan fingerprint density at radius 3 is 3.03 bits per heavy atom. The highest BCUT2D eigenvalue weighted by Gasteiger charge is 2.41. The molecule has 7 heteroatoms. The second-order valence-electron chi connectivity index (χ2n) is 8.05. The summed E-state index contributed by atoms with van der Waals surface area (Å²) in [6, 6.07) is 6.44. The van der Waals surface area contributed by atoms with Crippen molar-refractivity contribution in [1.29, 1.82) is 0 Å². The first-order valence-electron chi connectivity index (χ1n) is 10.1. The number of ether oxygens (including phenoxy) is 1. The van der Waals surface area contributed by atoms with Crippen LogP contribution in [0, 0.1) is 5.92 Å². The first kappa shape index (κ1) is 15.7. The smallest absolute Gasteiger partial charge is 0.215 e. The van der Waals surface area contributed by atoms with Gasteiger partial charge in [-0.2, -0.15) is 4.98 Å². The van der Waals surface area contributed by atoms with Crippen LogP contribution >= 0.6 is 0 Å². The number of allylic oxidation sites excluding steroid dienone is 1. The van der Waals surface area contributed by atoms with Gasteiger partial charge < -0.3 is 19.0 Å². The van der Waals surface area contributed by atoms with E-state index in [0.717, 1.165) is 35.9 Å². The molecule has 1 N–H and O–H groups in total. The van der Waals surface area contributed by atoms with Crippen molar-refractivity contribution >= 4 is 34.0 Å². The van der Waals surface area contributed by atoms with E-state index < -0.39 is 0 Å². The number of fused-ring (bicyclic) bond motifs is 6. The molecule has 0 amide bonds. The fraction of sp³-hybridized carbons (Fsp3) is 0.318. The molecule has 0 bridgehead atoms. The summed E-state index contributed by atoms with van der Waals surface area (Å²) in [6.07, 6.45) is 7.33. The standard InChI is InChI=1S/C22H19N5O2.H2/c1-4-15-14-3-2-13(10-17(14)24-18(15)16-9-12(1)16)20-25-21-19(29-11-23-21)22(26-20)27-5-7-28-8-6-27;/h1-4,10-12,16,24H,5-9H2;1H. The maximum Gasteiger partial charge on any atom is 0.215 e. The van der Waals surface area contributed by atoms with E-state index in [1.54, 1.807) is 0 Å². The van der Waals surface area contributed by atoms with Gasteiger partial charge in [0.25, 0.3) is 0 Å². The Labute approximate surface area is 167 Å². The van der Waals surface area contributed by atoms with Gasteiger partial charge >= 0.3 is 0 Å². The normalized spacial score (nSPS) is 22.8. The molecule has 3 aromatic heterocycles. The summed E-state index contributed by atoms with van der Waals surface area (Å²) < 4.78 is 11.1. The first-order chi connectivity index (χ1) is 14.3. The van der Waals surface area contributed by atoms with E-state index in [2.05, 4.69) is 50.2 Å². The minimum absolute atomic E-state index is 0. The van der Waals surface area contributed by atoms with Crippen LogP contribution in [-0.4, -0.2) is 46.2 Å². The molecule has 3 aliphatic rings. The Bertz CT molecular complexity index is 1300. The van der Waals surface area contributed by atoms with Gasteiger partial charge in [-0.05, 0) is 18.4 Å². The molecule has 0 spiro atoms. The third-order valence-electron chi connectivity index (χ3n) is 6.33. The number of H-pyrrole nitrogens is 1. The summed E-state index contributed by atoms with van der Waals surface area (Å²) in [5, 5.41) is 1.27. The van der Waals surface area contributed by atoms with Crippen LogP contribution in [0.1, 0.15) is 25.0 Å². The maximum absolute atomic E-state index is 5.60. The number of oxazole rings is 1. The molecule has 7 rings (SSSR count). The average Bonchev–Trinajstić information content (AvgIpc) is 3.25. The fourth-order valence-corrected chi connectivity index (χ4v) is 4.70. The quantitative estimate of drug-likeness (QED) is 0.560. The van der Waals surface area contributed by atoms with Crippen molar-refractivity contribution in [2.24, 2.45) is 5.92 Å². The van der Waals surface area contributed by atoms with E-state index in [4.69, 9.17) is 14.1 Å². The van der Waals surface area contributed by atoms with E-state index in [1.165, 1.54) is 29.5 Å². The molecule has 1 aliphatic heterocycles. The Hall–Kier alpha value is -3.19. The number of aromatic nitrogens is 4. The van der Waals surface area contributed by atoms with E-state index in [9.17, 15) is 0 Å². The molecule has 1 saturated carbocycles. The number of rotatable bonds is 2. The third-order valence-corrected chi connectivity index (χ3v) is 6.33. The van der Waals surface area contributed by atoms with Gasteiger partial charge in [-0.25, -0.2) is 9.97 Å². The minimum atomic E-state index is 0. The van der Waals surface area contributed by atoms with Crippen LogP contribution in [0.15, 0.2) is 35.1 Å². The summed E-state index contributed by atoms with van der Waals surface area (Å²) in [6.45, 7) is 2.93. The van der Waals surface area contributed by atoms with Gasteiger partial charge in [-0.3, -0.25) is 0 Å². The Balaban J connectivity index is 0.00000175. The second-order valence-corrected chi connectivity index (χ2v) is 8.05. The lowest BCUT2D eigenvalue weighted by molar-refractivity contribution is 0.122. The lowest BCUT2D eigenvalue weighted by Gasteiger charge is -2.27. The van der Waals surface area contributed by atoms with Crippen molar-refractivity contribution in [2.75, 3.05) is 31.2 Å². The molecule has 2 fully saturated rings. The molecule has 7 nitrogen and oxygen atoms in total. The summed E-state index contributed by atoms with van der Waals surface area (Å²) >= 11 is 0. The summed E-state index contributed by atoms with van der Waals surface area (Å²) in [4.78, 5) is 19.7. The molecule has 1 saturated heterocycles. The van der Waals surface area contributed by atoms with Crippen LogP contribution in [0.4, 0.5) is 5.82 Å². The molecule has 4 aromatic rings. The zero-order valence-corrected chi connectivity index (χ0v) is 15.8. The summed E-state index contributed by atoms with van der Waals surface area (Å²) in [7, 11) is 0. The van der Waals surface area contributed by atoms with Crippen molar-refractivity contribution in [3.05, 3.63) is 41.9 Å². The van der Waals surface area contributed by atoms with Crippen LogP contribution < -0.4 is 4.90 Å². The Kier molecular flexibility index (Phi) is 3.07. The number of benzene rings is 1. The van der Waals surface area contributed by atoms with Crippen LogP contribution in [0.25, 0.3) is 39.6 Å². The number of hydrogen-bond donors (Lipinski definition) is 1. The Morgan fingerprint density at radius 2 is 2.10 bits per heavy atom. The van der Waals surface area contributed by atoms with Gasteiger partial charge in [0.15, 0.2) is 18.0 Å². The number of hydrogen-bond acceptors (Lipinski definition) is 6. The van der Waals surface area contributed by atoms with E-state index in [-0.39, 0.29) is 1.43 Å². The molecule has 29 heavy (non-hydrogen) atoms. The van der Waals surface area contributed by atoms with Crippen molar-refractivity contribution in [1.82, 2.24) is 19.9 Å². The maximum atomic E-state index is 5.60. The van der Waals surface area contributed by atoms with Crippen molar-refractivity contribution in [3.63, 3.8) is 0 Å². The largest absolute Gasteiger partial charge is 0.438 e. The molecule has 2 aliphatic carbocycles. The number of morpholine rings is 1. The zero-order valence-electron chi connectivity index (χ0n) is 15.8. The number of nitrogens with zero attached hydrogens (tertiary/aromatic N) is 4. The van der Waals surface area contributed by atoms with Crippen molar-refractivity contribution in [3.8, 4) is 11.4 Å². The van der Waals surface area contributed by atoms with Gasteiger partial charge in [-0.15, -0.1) is 0 Å². The number of anilines is 1. The molecule has 0 radical (unpaired) electrons. The topological polar surface area (TPSA) is 80.1 Å². The summed E-state index contributed by atoms with van der Waals surface area (Å²) in [5.41, 5.74) is 6.06. The van der Waals surface area contributed by atoms with E-state index in [1.807, 2.05) is 0 Å². The van der Waals surface area contributed by atoms with Crippen LogP contribution in [-0.2, 0) is 4.74 Å². The molecule has 4 heterocycles. The number of nitrogens with one attached hydrogen (secondary N) is 1. The molecule has 2 unspecified atom stereocenters. The van der Waals surface area contributed by atoms with Gasteiger partial charge in [0.05, 0.1) is 13.2 Å². The zero-order chi connectivity index (χ0) is 18.9. The second kappa shape index (κ2) is 5.67. The number of aromatic amines is 1.